The zero-order chi connectivity index (χ0) is 18.3. The molecule has 2 aromatic carbocycles. The topological polar surface area (TPSA) is 62.3 Å². The van der Waals surface area contributed by atoms with Crippen molar-refractivity contribution in [2.75, 3.05) is 13.1 Å². The molecule has 1 aliphatic heterocycles. The van der Waals surface area contributed by atoms with Gasteiger partial charge in [0.25, 0.3) is 5.91 Å². The number of fused-ring (bicyclic) bond motifs is 1. The van der Waals surface area contributed by atoms with Gasteiger partial charge in [0.15, 0.2) is 0 Å². The van der Waals surface area contributed by atoms with Crippen LogP contribution in [0.4, 0.5) is 4.39 Å². The minimum absolute atomic E-state index is 0.262. The molecule has 0 bridgehead atoms. The normalized spacial score (nSPS) is 17.4. The first-order valence-electron chi connectivity index (χ1n) is 8.24. The molecule has 7 heteroatoms. The van der Waals surface area contributed by atoms with Crippen LogP contribution in [0.3, 0.4) is 0 Å². The Morgan fingerprint density at radius 3 is 2.96 bits per heavy atom. The number of piperazine rings is 1. The molecule has 1 saturated heterocycles. The van der Waals surface area contributed by atoms with Crippen molar-refractivity contribution < 1.29 is 14.0 Å². The largest absolute Gasteiger partial charge is 0.352 e. The first-order chi connectivity index (χ1) is 12.5. The molecule has 4 rings (SSSR count). The fourth-order valence-corrected chi connectivity index (χ4v) is 4.04. The smallest absolute Gasteiger partial charge is 0.254 e. The molecule has 5 nitrogen and oxygen atoms in total. The summed E-state index contributed by atoms with van der Waals surface area (Å²) < 4.78 is 14.6. The summed E-state index contributed by atoms with van der Waals surface area (Å²) in [6.07, 6.45) is 0. The number of halogens is 1. The summed E-state index contributed by atoms with van der Waals surface area (Å²) in [7, 11) is 0. The van der Waals surface area contributed by atoms with Gasteiger partial charge < -0.3 is 10.2 Å². The van der Waals surface area contributed by atoms with Crippen LogP contribution in [-0.2, 0) is 4.79 Å². The van der Waals surface area contributed by atoms with Crippen LogP contribution in [0.15, 0.2) is 42.5 Å². The van der Waals surface area contributed by atoms with Gasteiger partial charge in [0.1, 0.15) is 11.9 Å². The second-order valence-corrected chi connectivity index (χ2v) is 7.40. The van der Waals surface area contributed by atoms with Crippen LogP contribution < -0.4 is 5.32 Å². The Kier molecular flexibility index (Phi) is 4.16. The Morgan fingerprint density at radius 1 is 1.31 bits per heavy atom. The summed E-state index contributed by atoms with van der Waals surface area (Å²) in [5.41, 5.74) is 1.70. The van der Waals surface area contributed by atoms with Gasteiger partial charge in [0, 0.05) is 18.7 Å². The lowest BCUT2D eigenvalue weighted by molar-refractivity contribution is -0.128. The van der Waals surface area contributed by atoms with Crippen molar-refractivity contribution in [2.45, 2.75) is 13.0 Å². The molecule has 1 aliphatic rings. The highest BCUT2D eigenvalue weighted by molar-refractivity contribution is 7.18. The molecular weight excluding hydrogens is 353 g/mol. The average Bonchev–Trinajstić information content (AvgIpc) is 3.00. The number of carbonyl (C=O) groups is 2. The first kappa shape index (κ1) is 16.7. The van der Waals surface area contributed by atoms with E-state index in [0.717, 1.165) is 15.2 Å². The number of nitrogens with one attached hydrogen (secondary N) is 1. The lowest BCUT2D eigenvalue weighted by Crippen LogP contribution is -2.52. The lowest BCUT2D eigenvalue weighted by Gasteiger charge is -2.35. The van der Waals surface area contributed by atoms with E-state index in [4.69, 9.17) is 0 Å². The van der Waals surface area contributed by atoms with Crippen LogP contribution in [-0.4, -0.2) is 34.8 Å². The van der Waals surface area contributed by atoms with E-state index in [2.05, 4.69) is 10.3 Å². The van der Waals surface area contributed by atoms with E-state index in [9.17, 15) is 14.0 Å². The van der Waals surface area contributed by atoms with Gasteiger partial charge in [0.2, 0.25) is 5.91 Å². The first-order valence-corrected chi connectivity index (χ1v) is 9.06. The maximum Gasteiger partial charge on any atom is 0.254 e. The summed E-state index contributed by atoms with van der Waals surface area (Å²) in [6, 6.07) is 10.3. The molecule has 0 saturated carbocycles. The van der Waals surface area contributed by atoms with Gasteiger partial charge >= 0.3 is 0 Å². The monoisotopic (exact) mass is 369 g/mol. The zero-order valence-electron chi connectivity index (χ0n) is 14.0. The van der Waals surface area contributed by atoms with E-state index in [1.807, 2.05) is 13.0 Å². The van der Waals surface area contributed by atoms with E-state index in [1.165, 1.54) is 17.0 Å². The SMILES string of the molecule is Cc1nc2cc(C(=O)N3CCNC(=O)C3c3cccc(F)c3)ccc2s1. The highest BCUT2D eigenvalue weighted by Gasteiger charge is 2.35. The number of hydrogen-bond acceptors (Lipinski definition) is 4. The van der Waals surface area contributed by atoms with Crippen molar-refractivity contribution in [1.29, 1.82) is 0 Å². The Bertz CT molecular complexity index is 1020. The van der Waals surface area contributed by atoms with E-state index >= 15 is 0 Å². The Morgan fingerprint density at radius 2 is 2.15 bits per heavy atom. The molecule has 132 valence electrons. The fraction of sp³-hybridized carbons (Fsp3) is 0.211. The third-order valence-corrected chi connectivity index (χ3v) is 5.33. The van der Waals surface area contributed by atoms with E-state index in [0.29, 0.717) is 24.2 Å². The number of benzene rings is 2. The van der Waals surface area contributed by atoms with Gasteiger partial charge in [-0.2, -0.15) is 0 Å². The van der Waals surface area contributed by atoms with Gasteiger partial charge in [0.05, 0.1) is 15.2 Å². The van der Waals surface area contributed by atoms with E-state index in [-0.39, 0.29) is 11.8 Å². The lowest BCUT2D eigenvalue weighted by atomic mass is 10.0. The molecule has 0 spiro atoms. The second-order valence-electron chi connectivity index (χ2n) is 6.16. The molecule has 0 radical (unpaired) electrons. The number of amides is 2. The summed E-state index contributed by atoms with van der Waals surface area (Å²) in [5.74, 6) is -1.00. The number of aromatic nitrogens is 1. The van der Waals surface area contributed by atoms with Crippen LogP contribution >= 0.6 is 11.3 Å². The zero-order valence-corrected chi connectivity index (χ0v) is 14.8. The fourth-order valence-electron chi connectivity index (χ4n) is 3.24. The highest BCUT2D eigenvalue weighted by Crippen LogP contribution is 2.28. The van der Waals surface area contributed by atoms with Crippen molar-refractivity contribution in [3.8, 4) is 0 Å². The molecular formula is C19H16FN3O2S. The van der Waals surface area contributed by atoms with Crippen LogP contribution in [0.1, 0.15) is 27.0 Å². The summed E-state index contributed by atoms with van der Waals surface area (Å²) in [5, 5.41) is 3.68. The standard InChI is InChI=1S/C19H16FN3O2S/c1-11-22-15-10-13(5-6-16(15)26-11)19(25)23-8-7-21-18(24)17(23)12-3-2-4-14(20)9-12/h2-6,9-10,17H,7-8H2,1H3,(H,21,24). The number of thiazole rings is 1. The van der Waals surface area contributed by atoms with Crippen molar-refractivity contribution in [3.05, 3.63) is 64.4 Å². The molecule has 1 unspecified atom stereocenters. The Balaban J connectivity index is 1.72. The van der Waals surface area contributed by atoms with Gasteiger partial charge in [-0.1, -0.05) is 12.1 Å². The molecule has 3 aromatic rings. The van der Waals surface area contributed by atoms with Crippen molar-refractivity contribution in [2.24, 2.45) is 0 Å². The number of aryl methyl sites for hydroxylation is 1. The Hall–Kier alpha value is -2.80. The van der Waals surface area contributed by atoms with Crippen LogP contribution in [0.2, 0.25) is 0 Å². The Labute approximate surface area is 153 Å². The highest BCUT2D eigenvalue weighted by atomic mass is 32.1. The third kappa shape index (κ3) is 2.94. The average molecular weight is 369 g/mol. The summed E-state index contributed by atoms with van der Waals surface area (Å²) >= 11 is 1.57. The second kappa shape index (κ2) is 6.49. The minimum Gasteiger partial charge on any atom is -0.352 e. The van der Waals surface area contributed by atoms with Crippen LogP contribution in [0.5, 0.6) is 0 Å². The van der Waals surface area contributed by atoms with Crippen LogP contribution in [0.25, 0.3) is 10.2 Å². The summed E-state index contributed by atoms with van der Waals surface area (Å²) in [4.78, 5) is 31.4. The third-order valence-electron chi connectivity index (χ3n) is 4.38. The van der Waals surface area contributed by atoms with E-state index < -0.39 is 11.9 Å². The molecule has 26 heavy (non-hydrogen) atoms. The van der Waals surface area contributed by atoms with Gasteiger partial charge in [-0.25, -0.2) is 9.37 Å². The van der Waals surface area contributed by atoms with Crippen molar-refractivity contribution in [3.63, 3.8) is 0 Å². The van der Waals surface area contributed by atoms with Gasteiger partial charge in [-0.05, 0) is 42.8 Å². The summed E-state index contributed by atoms with van der Waals surface area (Å²) in [6.45, 7) is 2.65. The molecule has 2 heterocycles. The van der Waals surface area contributed by atoms with Crippen molar-refractivity contribution >= 4 is 33.4 Å². The number of rotatable bonds is 2. The molecule has 2 amide bonds. The maximum atomic E-state index is 13.6. The van der Waals surface area contributed by atoms with Crippen molar-refractivity contribution in [1.82, 2.24) is 15.2 Å². The molecule has 1 atom stereocenters. The number of hydrogen-bond donors (Lipinski definition) is 1. The number of nitrogens with zero attached hydrogens (tertiary/aromatic N) is 2. The number of carbonyl (C=O) groups excluding carboxylic acids is 2. The van der Waals surface area contributed by atoms with Crippen LogP contribution in [0, 0.1) is 12.7 Å². The maximum absolute atomic E-state index is 13.6. The predicted molar refractivity (Wildman–Crippen MR) is 97.5 cm³/mol. The minimum atomic E-state index is -0.847. The predicted octanol–water partition coefficient (Wildman–Crippen LogP) is 3.06. The molecule has 1 fully saturated rings. The van der Waals surface area contributed by atoms with Gasteiger partial charge in [-0.3, -0.25) is 9.59 Å². The molecule has 1 N–H and O–H groups in total. The molecule has 0 aliphatic carbocycles. The molecule has 1 aromatic heterocycles. The van der Waals surface area contributed by atoms with Gasteiger partial charge in [-0.15, -0.1) is 11.3 Å². The van der Waals surface area contributed by atoms with E-state index in [1.54, 1.807) is 35.6 Å². The quantitative estimate of drug-likeness (QED) is 0.755.